The number of amides is 4. The molecule has 490 valence electrons. The summed E-state index contributed by atoms with van der Waals surface area (Å²) in [7, 11) is 0. The highest BCUT2D eigenvalue weighted by molar-refractivity contribution is 6.35. The molecule has 0 bridgehead atoms. The van der Waals surface area contributed by atoms with Crippen molar-refractivity contribution in [2.24, 2.45) is 0 Å². The van der Waals surface area contributed by atoms with E-state index in [2.05, 4.69) is 182 Å². The fourth-order valence-corrected chi connectivity index (χ4v) is 15.6. The van der Waals surface area contributed by atoms with E-state index < -0.39 is 34.5 Å². The normalized spacial score (nSPS) is 13.8. The summed E-state index contributed by atoms with van der Waals surface area (Å²) in [6.07, 6.45) is 11.0. The lowest BCUT2D eigenvalue weighted by atomic mass is 9.67. The van der Waals surface area contributed by atoms with Crippen molar-refractivity contribution in [2.45, 2.75) is 10.8 Å². The van der Waals surface area contributed by atoms with Crippen molar-refractivity contribution in [3.63, 3.8) is 0 Å². The Bertz CT molecular complexity index is 5470. The number of benzene rings is 14. The van der Waals surface area contributed by atoms with E-state index in [0.29, 0.717) is 68.5 Å². The van der Waals surface area contributed by atoms with Crippen molar-refractivity contribution in [2.75, 3.05) is 9.80 Å². The van der Waals surface area contributed by atoms with Gasteiger partial charge in [0.1, 0.15) is 46.0 Å². The first-order valence-corrected chi connectivity index (χ1v) is 34.0. The van der Waals surface area contributed by atoms with E-state index in [1.165, 1.54) is 32.1 Å². The van der Waals surface area contributed by atoms with Crippen LogP contribution in [0.1, 0.15) is 97.1 Å². The minimum absolute atomic E-state index is 0.251. The smallest absolute Gasteiger partial charge is 0.266 e. The number of carbonyl (C=O) groups is 4. The predicted molar refractivity (Wildman–Crippen MR) is 404 cm³/mol. The number of carbonyl (C=O) groups excluding carboxylic acids is 4. The highest BCUT2D eigenvalue weighted by atomic mass is 16.5. The molecule has 0 saturated heterocycles. The monoisotopic (exact) mass is 1340 g/mol. The number of hydrogen-bond donors (Lipinski definition) is 0. The van der Waals surface area contributed by atoms with Gasteiger partial charge in [0.25, 0.3) is 23.6 Å². The molecule has 10 heteroatoms. The summed E-state index contributed by atoms with van der Waals surface area (Å²) in [5.41, 5.74) is 17.7. The molecule has 10 nitrogen and oxygen atoms in total. The van der Waals surface area contributed by atoms with Gasteiger partial charge in [-0.25, -0.2) is 9.80 Å². The third kappa shape index (κ3) is 10.1. The van der Waals surface area contributed by atoms with Crippen molar-refractivity contribution in [3.05, 3.63) is 405 Å². The van der Waals surface area contributed by atoms with Gasteiger partial charge in [-0.05, 0) is 236 Å². The minimum Gasteiger partial charge on any atom is -0.457 e. The minimum atomic E-state index is -0.709. The summed E-state index contributed by atoms with van der Waals surface area (Å²) < 4.78 is 25.0. The molecule has 0 radical (unpaired) electrons. The molecule has 18 rings (SSSR count). The highest BCUT2D eigenvalue weighted by Crippen LogP contribution is 2.58. The summed E-state index contributed by atoms with van der Waals surface area (Å²) >= 11 is 0. The molecular formula is C94H56N2O8. The fraction of sp³-hybridized carbons (Fsp3) is 0.0213. The maximum absolute atomic E-state index is 14.0. The second kappa shape index (κ2) is 24.8. The number of nitrogens with zero attached hydrogens (tertiary/aromatic N) is 2. The van der Waals surface area contributed by atoms with Crippen molar-refractivity contribution < 1.29 is 38.1 Å². The number of terminal acetylenes is 2. The van der Waals surface area contributed by atoms with Crippen molar-refractivity contribution in [1.29, 1.82) is 0 Å². The van der Waals surface area contributed by atoms with Gasteiger partial charge < -0.3 is 18.9 Å². The van der Waals surface area contributed by atoms with Crippen LogP contribution in [0.4, 0.5) is 11.4 Å². The van der Waals surface area contributed by atoms with Crippen molar-refractivity contribution in [1.82, 2.24) is 0 Å². The Morgan fingerprint density at radius 3 is 0.779 bits per heavy atom. The Morgan fingerprint density at radius 1 is 0.240 bits per heavy atom. The molecule has 2 heterocycles. The molecular weight excluding hydrogens is 1290 g/mol. The molecule has 2 aliphatic carbocycles. The van der Waals surface area contributed by atoms with Gasteiger partial charge in [-0.15, -0.1) is 12.8 Å². The molecule has 4 aliphatic rings. The van der Waals surface area contributed by atoms with Crippen molar-refractivity contribution in [3.8, 4) is 104 Å². The van der Waals surface area contributed by atoms with Crippen LogP contribution in [0, 0.1) is 24.7 Å². The number of ether oxygens (including phenoxy) is 4. The summed E-state index contributed by atoms with van der Waals surface area (Å²) in [6, 6.07) is 107. The Hall–Kier alpha value is -14.3. The number of fused-ring (bicyclic) bond motifs is 8. The molecule has 2 aliphatic heterocycles. The Kier molecular flexibility index (Phi) is 14.8. The van der Waals surface area contributed by atoms with Crippen LogP contribution in [0.5, 0.6) is 46.0 Å². The summed E-state index contributed by atoms with van der Waals surface area (Å²) in [5.74, 6) is 7.70. The van der Waals surface area contributed by atoms with E-state index in [4.69, 9.17) is 31.8 Å². The second-order valence-electron chi connectivity index (χ2n) is 25.9. The molecule has 0 atom stereocenters. The standard InChI is InChI=1S/C94H56N2O8/c1-3-59-21-41-69(42-22-59)101-73-49-37-67(38-50-73)95-89(97)81-55-53-75(57-83(81)91(95)99)103-71-45-33-65(34-46-71)93(85-17-9-5-13-77(85)78-14-6-10-18-86(78)93)63-29-25-61(26-30-63)62-27-31-64(32-28-62)94(87-19-11-7-15-79(87)80-16-8-12-20-88(80)94)66-35-47-72(48-36-66)104-76-54-56-82-84(58-76)92(100)96(90(82)98)68-39-51-74(52-40-68)102-70-43-23-60(4-2)24-44-70/h1-2,5-58H. The first kappa shape index (κ1) is 62.0. The number of hydrogen-bond acceptors (Lipinski definition) is 8. The molecule has 0 unspecified atom stereocenters. The Balaban J connectivity index is 0.612. The fourth-order valence-electron chi connectivity index (χ4n) is 15.6. The number of imide groups is 2. The number of anilines is 2. The molecule has 14 aromatic rings. The van der Waals surface area contributed by atoms with Crippen LogP contribution in [0.25, 0.3) is 33.4 Å². The van der Waals surface area contributed by atoms with E-state index in [1.54, 1.807) is 133 Å². The van der Waals surface area contributed by atoms with E-state index in [-0.39, 0.29) is 11.1 Å². The van der Waals surface area contributed by atoms with Crippen LogP contribution in [0.15, 0.2) is 328 Å². The summed E-state index contributed by atoms with van der Waals surface area (Å²) in [4.78, 5) is 58.0. The third-order valence-corrected chi connectivity index (χ3v) is 20.3. The average Bonchev–Trinajstić information content (AvgIpc) is 1.53. The zero-order valence-corrected chi connectivity index (χ0v) is 55.5. The first-order chi connectivity index (χ1) is 51.0. The molecule has 0 N–H and O–H groups in total. The highest BCUT2D eigenvalue weighted by Gasteiger charge is 2.48. The summed E-state index contributed by atoms with van der Waals surface area (Å²) in [6.45, 7) is 0. The molecule has 14 aromatic carbocycles. The molecule has 0 saturated carbocycles. The van der Waals surface area contributed by atoms with Gasteiger partial charge in [0, 0.05) is 11.1 Å². The Labute approximate surface area is 599 Å². The molecule has 104 heavy (non-hydrogen) atoms. The van der Waals surface area contributed by atoms with Crippen LogP contribution >= 0.6 is 0 Å². The molecule has 0 fully saturated rings. The predicted octanol–water partition coefficient (Wildman–Crippen LogP) is 20.8. The molecule has 0 aromatic heterocycles. The topological polar surface area (TPSA) is 112 Å². The van der Waals surface area contributed by atoms with Gasteiger partial charge >= 0.3 is 0 Å². The zero-order chi connectivity index (χ0) is 70.2. The van der Waals surface area contributed by atoms with E-state index in [1.807, 2.05) is 24.3 Å². The van der Waals surface area contributed by atoms with E-state index in [0.717, 1.165) is 66.8 Å². The maximum atomic E-state index is 14.0. The van der Waals surface area contributed by atoms with Gasteiger partial charge in [-0.3, -0.25) is 19.2 Å². The Morgan fingerprint density at radius 2 is 0.481 bits per heavy atom. The average molecular weight is 1340 g/mol. The van der Waals surface area contributed by atoms with E-state index >= 15 is 0 Å². The lowest BCUT2D eigenvalue weighted by Gasteiger charge is -2.34. The maximum Gasteiger partial charge on any atom is 0.266 e. The van der Waals surface area contributed by atoms with Gasteiger partial charge in [-0.2, -0.15) is 0 Å². The lowest BCUT2D eigenvalue weighted by molar-refractivity contribution is 0.0910. The van der Waals surface area contributed by atoms with Crippen LogP contribution in [0.3, 0.4) is 0 Å². The van der Waals surface area contributed by atoms with E-state index in [9.17, 15) is 19.2 Å². The van der Waals surface area contributed by atoms with Crippen LogP contribution < -0.4 is 28.7 Å². The molecule has 0 spiro atoms. The quantitative estimate of drug-likeness (QED) is 0.0737. The van der Waals surface area contributed by atoms with Gasteiger partial charge in [0.05, 0.1) is 44.5 Å². The number of rotatable bonds is 15. The van der Waals surface area contributed by atoms with Gasteiger partial charge in [0.15, 0.2) is 0 Å². The largest absolute Gasteiger partial charge is 0.457 e. The van der Waals surface area contributed by atoms with Crippen molar-refractivity contribution >= 4 is 35.0 Å². The van der Waals surface area contributed by atoms with Gasteiger partial charge in [0.2, 0.25) is 0 Å². The van der Waals surface area contributed by atoms with Crippen LogP contribution in [-0.4, -0.2) is 23.6 Å². The van der Waals surface area contributed by atoms with Crippen LogP contribution in [0.2, 0.25) is 0 Å². The SMILES string of the molecule is C#Cc1ccc(Oc2ccc(N3C(=O)c4ccc(Oc5ccc(C6(c7ccc(-c8ccc(C9(c%10ccc(Oc%11ccc%12c(c%11)C(=O)N(c%11ccc(Oc%13ccc(C#C)cc%13)cc%11)C%12=O)cc%10)c%10ccccc%10-c%10ccccc%109)cc8)cc7)c7ccccc7-c7ccccc76)cc5)cc4C3=O)cc2)cc1. The lowest BCUT2D eigenvalue weighted by Crippen LogP contribution is -2.29. The second-order valence-corrected chi connectivity index (χ2v) is 25.9. The first-order valence-electron chi connectivity index (χ1n) is 34.0. The zero-order valence-electron chi connectivity index (χ0n) is 55.5. The van der Waals surface area contributed by atoms with Gasteiger partial charge in [-0.1, -0.05) is 182 Å². The third-order valence-electron chi connectivity index (χ3n) is 20.3. The summed E-state index contributed by atoms with van der Waals surface area (Å²) in [5, 5.41) is 0. The van der Waals surface area contributed by atoms with Crippen LogP contribution in [-0.2, 0) is 10.8 Å². The molecule has 4 amide bonds.